The molecule has 1 saturated carbocycles. The molecular formula is C20H24FN3O3. The third-order valence-electron chi connectivity index (χ3n) is 4.28. The molecule has 0 unspecified atom stereocenters. The number of carbonyl (C=O) groups excluding carboxylic acids is 2. The Morgan fingerprint density at radius 3 is 2.48 bits per heavy atom. The minimum absolute atomic E-state index is 0.239. The lowest BCUT2D eigenvalue weighted by Crippen LogP contribution is -2.37. The van der Waals surface area contributed by atoms with E-state index in [0.717, 1.165) is 12.8 Å². The van der Waals surface area contributed by atoms with Gasteiger partial charge < -0.3 is 16.2 Å². The molecule has 6 nitrogen and oxygen atoms in total. The van der Waals surface area contributed by atoms with Crippen LogP contribution in [0.3, 0.4) is 0 Å². The molecule has 2 aromatic rings. The van der Waals surface area contributed by atoms with Crippen LogP contribution in [0.4, 0.5) is 4.39 Å². The number of hydrogen-bond acceptors (Lipinski definition) is 4. The van der Waals surface area contributed by atoms with Crippen molar-refractivity contribution in [3.63, 3.8) is 0 Å². The van der Waals surface area contributed by atoms with E-state index in [9.17, 15) is 14.0 Å². The molecule has 0 radical (unpaired) electrons. The number of carbonyl (C=O) groups is 2. The van der Waals surface area contributed by atoms with Crippen molar-refractivity contribution in [3.8, 4) is 11.3 Å². The van der Waals surface area contributed by atoms with Crippen molar-refractivity contribution in [3.05, 3.63) is 54.0 Å². The molecule has 1 aromatic carbocycles. The summed E-state index contributed by atoms with van der Waals surface area (Å²) in [7, 11) is 0. The smallest absolute Gasteiger partial charge is 0.250 e. The summed E-state index contributed by atoms with van der Waals surface area (Å²) < 4.78 is 13.0. The van der Waals surface area contributed by atoms with Gasteiger partial charge in [-0.2, -0.15) is 0 Å². The van der Waals surface area contributed by atoms with Crippen LogP contribution in [0.15, 0.2) is 42.6 Å². The van der Waals surface area contributed by atoms with Gasteiger partial charge in [-0.15, -0.1) is 0 Å². The molecule has 0 saturated heterocycles. The molecule has 2 amide bonds. The van der Waals surface area contributed by atoms with Crippen molar-refractivity contribution < 1.29 is 19.1 Å². The summed E-state index contributed by atoms with van der Waals surface area (Å²) in [6, 6.07) is 9.62. The number of rotatable bonds is 4. The van der Waals surface area contributed by atoms with Crippen molar-refractivity contribution in [1.29, 1.82) is 0 Å². The lowest BCUT2D eigenvalue weighted by Gasteiger charge is -2.22. The predicted molar refractivity (Wildman–Crippen MR) is 100 cm³/mol. The highest BCUT2D eigenvalue weighted by molar-refractivity contribution is 5.92. The van der Waals surface area contributed by atoms with Crippen LogP contribution >= 0.6 is 0 Å². The number of nitrogens with two attached hydrogens (primary N) is 1. The average molecular weight is 373 g/mol. The molecule has 0 atom stereocenters. The first kappa shape index (κ1) is 20.5. The van der Waals surface area contributed by atoms with Gasteiger partial charge in [-0.1, -0.05) is 31.4 Å². The van der Waals surface area contributed by atoms with Crippen molar-refractivity contribution in [1.82, 2.24) is 10.3 Å². The van der Waals surface area contributed by atoms with E-state index in [1.54, 1.807) is 24.3 Å². The molecule has 1 aliphatic carbocycles. The maximum Gasteiger partial charge on any atom is 0.250 e. The molecule has 1 aliphatic rings. The molecule has 144 valence electrons. The fraction of sp³-hybridized carbons (Fsp3) is 0.350. The maximum absolute atomic E-state index is 13.0. The number of benzene rings is 1. The van der Waals surface area contributed by atoms with E-state index in [1.165, 1.54) is 37.6 Å². The second-order valence-corrected chi connectivity index (χ2v) is 6.37. The van der Waals surface area contributed by atoms with Gasteiger partial charge in [0.25, 0.3) is 0 Å². The largest absolute Gasteiger partial charge is 0.387 e. The Kier molecular flexibility index (Phi) is 7.88. The Hall–Kier alpha value is -2.80. The molecule has 1 heterocycles. The molecule has 27 heavy (non-hydrogen) atoms. The molecule has 0 bridgehead atoms. The van der Waals surface area contributed by atoms with Crippen LogP contribution in [0.2, 0.25) is 0 Å². The number of primary amides is 1. The minimum Gasteiger partial charge on any atom is -0.387 e. The molecule has 0 spiro atoms. The summed E-state index contributed by atoms with van der Waals surface area (Å²) in [6.45, 7) is -0.378. The average Bonchev–Trinajstić information content (AvgIpc) is 2.69. The number of aliphatic hydroxyl groups is 1. The lowest BCUT2D eigenvalue weighted by atomic mass is 9.95. The van der Waals surface area contributed by atoms with Crippen LogP contribution in [-0.2, 0) is 4.79 Å². The van der Waals surface area contributed by atoms with Gasteiger partial charge in [-0.25, -0.2) is 4.39 Å². The van der Waals surface area contributed by atoms with E-state index in [0.29, 0.717) is 22.9 Å². The molecule has 1 aromatic heterocycles. The lowest BCUT2D eigenvalue weighted by molar-refractivity contribution is -0.124. The summed E-state index contributed by atoms with van der Waals surface area (Å²) in [6.07, 6.45) is 7.22. The Morgan fingerprint density at radius 1 is 1.19 bits per heavy atom. The SMILES string of the molecule is NC(=O)c1ccc(-c2cccc(F)c2)nc1.O=C(CO)NC1CCCCC1. The summed E-state index contributed by atoms with van der Waals surface area (Å²) in [5, 5.41) is 11.2. The van der Waals surface area contributed by atoms with E-state index in [1.807, 2.05) is 0 Å². The highest BCUT2D eigenvalue weighted by atomic mass is 19.1. The highest BCUT2D eigenvalue weighted by Crippen LogP contribution is 2.18. The number of amides is 2. The fourth-order valence-corrected chi connectivity index (χ4v) is 2.88. The topological polar surface area (TPSA) is 105 Å². The van der Waals surface area contributed by atoms with E-state index < -0.39 is 5.91 Å². The fourth-order valence-electron chi connectivity index (χ4n) is 2.88. The normalized spacial score (nSPS) is 14.0. The van der Waals surface area contributed by atoms with E-state index in [2.05, 4.69) is 10.3 Å². The highest BCUT2D eigenvalue weighted by Gasteiger charge is 2.14. The Morgan fingerprint density at radius 2 is 1.93 bits per heavy atom. The zero-order chi connectivity index (χ0) is 19.6. The molecule has 1 fully saturated rings. The van der Waals surface area contributed by atoms with Crippen LogP contribution in [0.5, 0.6) is 0 Å². The van der Waals surface area contributed by atoms with E-state index >= 15 is 0 Å². The summed E-state index contributed by atoms with van der Waals surface area (Å²) >= 11 is 0. The van der Waals surface area contributed by atoms with Crippen LogP contribution in [0.25, 0.3) is 11.3 Å². The van der Waals surface area contributed by atoms with Gasteiger partial charge in [0, 0.05) is 17.8 Å². The summed E-state index contributed by atoms with van der Waals surface area (Å²) in [5.74, 6) is -1.09. The predicted octanol–water partition coefficient (Wildman–Crippen LogP) is 2.41. The second-order valence-electron chi connectivity index (χ2n) is 6.37. The van der Waals surface area contributed by atoms with E-state index in [4.69, 9.17) is 10.8 Å². The van der Waals surface area contributed by atoms with E-state index in [-0.39, 0.29) is 18.3 Å². The number of nitrogens with one attached hydrogen (secondary N) is 1. The van der Waals surface area contributed by atoms with Gasteiger partial charge >= 0.3 is 0 Å². The summed E-state index contributed by atoms with van der Waals surface area (Å²) in [4.78, 5) is 25.6. The van der Waals surface area contributed by atoms with Gasteiger partial charge in [0.05, 0.1) is 11.3 Å². The van der Waals surface area contributed by atoms with Crippen molar-refractivity contribution in [2.75, 3.05) is 6.61 Å². The summed E-state index contributed by atoms with van der Waals surface area (Å²) in [5.41, 5.74) is 6.69. The van der Waals surface area contributed by atoms with Gasteiger partial charge in [0.2, 0.25) is 11.8 Å². The molecule has 0 aliphatic heterocycles. The van der Waals surface area contributed by atoms with Crippen LogP contribution in [-0.4, -0.2) is 34.6 Å². The Labute approximate surface area is 157 Å². The minimum atomic E-state index is -0.529. The van der Waals surface area contributed by atoms with Crippen molar-refractivity contribution in [2.24, 2.45) is 5.73 Å². The van der Waals surface area contributed by atoms with Gasteiger partial charge in [0.15, 0.2) is 0 Å². The third-order valence-corrected chi connectivity index (χ3v) is 4.28. The van der Waals surface area contributed by atoms with Crippen LogP contribution in [0, 0.1) is 5.82 Å². The molecular weight excluding hydrogens is 349 g/mol. The second kappa shape index (κ2) is 10.4. The number of halogens is 1. The first-order chi connectivity index (χ1) is 13.0. The number of pyridine rings is 1. The number of aliphatic hydroxyl groups excluding tert-OH is 1. The van der Waals surface area contributed by atoms with Crippen LogP contribution in [0.1, 0.15) is 42.5 Å². The number of hydrogen-bond donors (Lipinski definition) is 3. The number of nitrogens with zero attached hydrogens (tertiary/aromatic N) is 1. The standard InChI is InChI=1S/C12H9FN2O.C8H15NO2/c13-10-3-1-2-8(6-10)11-5-4-9(7-15-11)12(14)16;10-6-8(11)9-7-4-2-1-3-5-7/h1-7H,(H2,14,16);7,10H,1-6H2,(H,9,11). The van der Waals surface area contributed by atoms with Crippen LogP contribution < -0.4 is 11.1 Å². The maximum atomic E-state index is 13.0. The molecule has 7 heteroatoms. The van der Waals surface area contributed by atoms with Crippen molar-refractivity contribution in [2.45, 2.75) is 38.1 Å². The first-order valence-corrected chi connectivity index (χ1v) is 8.91. The first-order valence-electron chi connectivity index (χ1n) is 8.91. The van der Waals surface area contributed by atoms with Gasteiger partial charge in [0.1, 0.15) is 12.4 Å². The Balaban J connectivity index is 0.000000208. The monoisotopic (exact) mass is 373 g/mol. The molecule has 3 rings (SSSR count). The quantitative estimate of drug-likeness (QED) is 0.765. The van der Waals surface area contributed by atoms with Gasteiger partial charge in [-0.05, 0) is 37.1 Å². The van der Waals surface area contributed by atoms with Crippen molar-refractivity contribution >= 4 is 11.8 Å². The molecule has 4 N–H and O–H groups in total. The zero-order valence-corrected chi connectivity index (χ0v) is 15.0. The zero-order valence-electron chi connectivity index (χ0n) is 15.0. The third kappa shape index (κ3) is 6.79. The van der Waals surface area contributed by atoms with Gasteiger partial charge in [-0.3, -0.25) is 14.6 Å². The Bertz CT molecular complexity index is 759. The number of aromatic nitrogens is 1.